The molecule has 0 heterocycles. The Morgan fingerprint density at radius 1 is 0.250 bits per heavy atom. The predicted molar refractivity (Wildman–Crippen MR) is 25.3 cm³/mol. The quantitative estimate of drug-likeness (QED) is 0.395. The molecule has 0 aliphatic heterocycles. The van der Waals surface area contributed by atoms with Crippen LogP contribution in [-0.4, -0.2) is 38.3 Å². The van der Waals surface area contributed by atoms with E-state index in [0.717, 1.165) is 0 Å². The third-order valence-corrected chi connectivity index (χ3v) is 0. The van der Waals surface area contributed by atoms with Crippen molar-refractivity contribution in [3.8, 4) is 0 Å². The minimum atomic E-state index is 0. The Balaban J connectivity index is 0. The summed E-state index contributed by atoms with van der Waals surface area (Å²) in [6.45, 7) is 0. The van der Waals surface area contributed by atoms with Crippen LogP contribution in [0.4, 0.5) is 0 Å². The summed E-state index contributed by atoms with van der Waals surface area (Å²) in [5.74, 6) is 0. The van der Waals surface area contributed by atoms with Gasteiger partial charge in [-0.2, -0.15) is 0 Å². The van der Waals surface area contributed by atoms with Gasteiger partial charge in [-0.15, -0.1) is 0 Å². The van der Waals surface area contributed by atoms with E-state index in [1.807, 2.05) is 0 Å². The van der Waals surface area contributed by atoms with Crippen LogP contribution in [0.2, 0.25) is 0 Å². The molecule has 14 N–H and O–H groups in total. The van der Waals surface area contributed by atoms with Crippen molar-refractivity contribution in [2.24, 2.45) is 0 Å². The fraction of sp³-hybridized carbons (Fsp3) is 0. The Morgan fingerprint density at radius 3 is 0.250 bits per heavy atom. The van der Waals surface area contributed by atoms with Gasteiger partial charge in [0, 0.05) is 39.9 Å². The zero-order valence-corrected chi connectivity index (χ0v) is 8.11. The van der Waals surface area contributed by atoms with E-state index in [1.54, 1.807) is 0 Å². The second kappa shape index (κ2) is 366. The van der Waals surface area contributed by atoms with Gasteiger partial charge < -0.3 is 38.3 Å². The minimum absolute atomic E-state index is 0. The largest absolute Gasteiger partial charge is 0.412 e. The van der Waals surface area contributed by atoms with E-state index in [9.17, 15) is 0 Å². The Hall–Kier alpha value is 1.04. The smallest absolute Gasteiger partial charge is 0 e. The second-order valence-corrected chi connectivity index (χ2v) is 0. The molecule has 8 heavy (non-hydrogen) atoms. The van der Waals surface area contributed by atoms with E-state index in [1.165, 1.54) is 0 Å². The summed E-state index contributed by atoms with van der Waals surface area (Å²) in [5.41, 5.74) is 0. The van der Waals surface area contributed by atoms with Crippen LogP contribution in [0.3, 0.4) is 0 Å². The van der Waals surface area contributed by atoms with Crippen LogP contribution in [0.5, 0.6) is 0 Å². The Bertz CT molecular complexity index is 4.35. The van der Waals surface area contributed by atoms with Crippen LogP contribution in [-0.2, 0) is 0 Å². The van der Waals surface area contributed by atoms with Gasteiger partial charge >= 0.3 is 0 Å². The topological polar surface area (TPSA) is 220 Å². The number of rotatable bonds is 0. The van der Waals surface area contributed by atoms with Crippen molar-refractivity contribution in [1.29, 1.82) is 0 Å². The van der Waals surface area contributed by atoms with E-state index < -0.39 is 0 Å². The fourth-order valence-electron chi connectivity index (χ4n) is 0. The second-order valence-electron chi connectivity index (χ2n) is 0. The first kappa shape index (κ1) is 536. The first-order valence-electron chi connectivity index (χ1n) is 0. The SMILES string of the molecule is O.O.O.O.O.O.O.[Th]. The first-order chi connectivity index (χ1) is 0. The van der Waals surface area contributed by atoms with Crippen molar-refractivity contribution >= 4 is 0 Å². The Labute approximate surface area is 77.9 Å². The van der Waals surface area contributed by atoms with Crippen molar-refractivity contribution in [3.05, 3.63) is 0 Å². The molecule has 0 rings (SSSR count). The van der Waals surface area contributed by atoms with Crippen LogP contribution in [0, 0.1) is 39.9 Å². The van der Waals surface area contributed by atoms with Gasteiger partial charge in [-0.3, -0.25) is 0 Å². The zero-order valence-electron chi connectivity index (χ0n) is 4.00. The summed E-state index contributed by atoms with van der Waals surface area (Å²) in [6.07, 6.45) is 0. The summed E-state index contributed by atoms with van der Waals surface area (Å²) >= 11 is 0. The number of hydrogen-bond donors (Lipinski definition) is 0. The summed E-state index contributed by atoms with van der Waals surface area (Å²) in [5, 5.41) is 0. The normalized spacial score (nSPS) is 0. The van der Waals surface area contributed by atoms with E-state index in [0.29, 0.717) is 0 Å². The van der Waals surface area contributed by atoms with Crippen LogP contribution in [0.15, 0.2) is 0 Å². The van der Waals surface area contributed by atoms with E-state index in [2.05, 4.69) is 0 Å². The fourth-order valence-corrected chi connectivity index (χ4v) is 0. The third kappa shape index (κ3) is 236. The summed E-state index contributed by atoms with van der Waals surface area (Å²) in [4.78, 5) is 0. The van der Waals surface area contributed by atoms with Gasteiger partial charge in [0.1, 0.15) is 0 Å². The standard InChI is InChI=1S/7H2O.Th/h7*1H2;. The van der Waals surface area contributed by atoms with Gasteiger partial charge in [-0.25, -0.2) is 0 Å². The van der Waals surface area contributed by atoms with Crippen molar-refractivity contribution in [2.75, 3.05) is 0 Å². The Kier molecular flexibility index (Phi) is 24500. The molecule has 0 bridgehead atoms. The molecule has 0 fully saturated rings. The molecule has 0 aromatic heterocycles. The van der Waals surface area contributed by atoms with Crippen LogP contribution in [0.1, 0.15) is 0 Å². The van der Waals surface area contributed by atoms with Gasteiger partial charge in [0.2, 0.25) is 0 Å². The summed E-state index contributed by atoms with van der Waals surface area (Å²) in [6, 6.07) is 0. The summed E-state index contributed by atoms with van der Waals surface area (Å²) in [7, 11) is 0. The molecule has 0 radical (unpaired) electrons. The molecule has 0 aliphatic carbocycles. The van der Waals surface area contributed by atoms with E-state index in [-0.39, 0.29) is 78.3 Å². The van der Waals surface area contributed by atoms with E-state index >= 15 is 0 Å². The monoisotopic (exact) mass is 358 g/mol. The maximum atomic E-state index is 0. The average molecular weight is 358 g/mol. The van der Waals surface area contributed by atoms with Gasteiger partial charge in [0.05, 0.1) is 0 Å². The van der Waals surface area contributed by atoms with Gasteiger partial charge in [0.25, 0.3) is 0 Å². The molecule has 0 saturated carbocycles. The molecule has 0 aromatic carbocycles. The maximum absolute atomic E-state index is 0. The molecular weight excluding hydrogens is 344 g/mol. The zero-order chi connectivity index (χ0) is 0. The molecule has 60 valence electrons. The molecule has 0 aliphatic rings. The first-order valence-corrected chi connectivity index (χ1v) is 0. The molecule has 8 heteroatoms. The molecular formula is H14O7Th. The van der Waals surface area contributed by atoms with Crippen molar-refractivity contribution < 1.29 is 78.3 Å². The van der Waals surface area contributed by atoms with Gasteiger partial charge in [-0.05, 0) is 0 Å². The molecule has 0 unspecified atom stereocenters. The van der Waals surface area contributed by atoms with Gasteiger partial charge in [-0.1, -0.05) is 0 Å². The molecule has 0 spiro atoms. The van der Waals surface area contributed by atoms with Crippen LogP contribution in [0.25, 0.3) is 0 Å². The van der Waals surface area contributed by atoms with Gasteiger partial charge in [0.15, 0.2) is 0 Å². The molecule has 0 amide bonds. The Morgan fingerprint density at radius 2 is 0.250 bits per heavy atom. The van der Waals surface area contributed by atoms with E-state index in [4.69, 9.17) is 0 Å². The number of hydrogen-bond acceptors (Lipinski definition) is 0. The van der Waals surface area contributed by atoms with Crippen molar-refractivity contribution in [3.63, 3.8) is 0 Å². The van der Waals surface area contributed by atoms with Crippen molar-refractivity contribution in [1.82, 2.24) is 0 Å². The minimum Gasteiger partial charge on any atom is -0.412 e. The summed E-state index contributed by atoms with van der Waals surface area (Å²) < 4.78 is 0. The van der Waals surface area contributed by atoms with Crippen LogP contribution >= 0.6 is 0 Å². The molecule has 0 aromatic rings. The average Bonchev–Trinajstić information content (AvgIpc) is 0. The molecule has 0 atom stereocenters. The molecule has 7 nitrogen and oxygen atoms in total. The van der Waals surface area contributed by atoms with Crippen LogP contribution < -0.4 is 0 Å². The van der Waals surface area contributed by atoms with Crippen molar-refractivity contribution in [2.45, 2.75) is 0 Å². The maximum Gasteiger partial charge on any atom is 0 e. The predicted octanol–water partition coefficient (Wildman–Crippen LogP) is -5.77. The molecule has 0 saturated heterocycles. The third-order valence-electron chi connectivity index (χ3n) is 0.